The first-order chi connectivity index (χ1) is 9.99. The molecular formula is C14H11Br2NO3S. The van der Waals surface area contributed by atoms with Gasteiger partial charge < -0.3 is 10.0 Å². The number of rotatable bonds is 5. The van der Waals surface area contributed by atoms with Crippen LogP contribution in [0.4, 0.5) is 5.69 Å². The minimum absolute atomic E-state index is 0.108. The second-order valence-electron chi connectivity index (χ2n) is 4.17. The highest BCUT2D eigenvalue weighted by molar-refractivity contribution is 9.12. The van der Waals surface area contributed by atoms with Crippen molar-refractivity contribution in [2.75, 3.05) is 11.4 Å². The van der Waals surface area contributed by atoms with Crippen molar-refractivity contribution in [2.24, 2.45) is 0 Å². The quantitative estimate of drug-likeness (QED) is 0.761. The topological polar surface area (TPSA) is 57.6 Å². The molecule has 0 radical (unpaired) electrons. The Morgan fingerprint density at radius 3 is 2.38 bits per heavy atom. The van der Waals surface area contributed by atoms with E-state index in [1.165, 1.54) is 16.2 Å². The standard InChI is InChI=1S/C14H11Br2NO3S/c15-11-8-10(13(16)21-11)14(20)17(7-6-12(18)19)9-4-2-1-3-5-9/h1-5,8H,6-7H2,(H,18,19). The first kappa shape index (κ1) is 16.2. The maximum Gasteiger partial charge on any atom is 0.305 e. The van der Waals surface area contributed by atoms with Crippen LogP contribution >= 0.6 is 43.2 Å². The summed E-state index contributed by atoms with van der Waals surface area (Å²) >= 11 is 8.11. The van der Waals surface area contributed by atoms with Crippen molar-refractivity contribution in [1.82, 2.24) is 0 Å². The molecule has 0 fully saturated rings. The number of carboxylic acids is 1. The molecule has 0 bridgehead atoms. The maximum absolute atomic E-state index is 12.7. The average Bonchev–Trinajstić information content (AvgIpc) is 2.78. The third-order valence-electron chi connectivity index (χ3n) is 2.75. The Morgan fingerprint density at radius 2 is 1.86 bits per heavy atom. The normalized spacial score (nSPS) is 10.4. The predicted molar refractivity (Wildman–Crippen MR) is 90.1 cm³/mol. The second-order valence-corrected chi connectivity index (χ2v) is 7.92. The lowest BCUT2D eigenvalue weighted by molar-refractivity contribution is -0.136. The molecule has 1 heterocycles. The molecule has 4 nitrogen and oxygen atoms in total. The van der Waals surface area contributed by atoms with Crippen molar-refractivity contribution in [3.63, 3.8) is 0 Å². The number of aliphatic carboxylic acids is 1. The summed E-state index contributed by atoms with van der Waals surface area (Å²) in [5.41, 5.74) is 1.19. The molecule has 0 spiro atoms. The molecule has 0 saturated carbocycles. The van der Waals surface area contributed by atoms with Crippen molar-refractivity contribution >= 4 is 60.8 Å². The first-order valence-corrected chi connectivity index (χ1v) is 8.43. The van der Waals surface area contributed by atoms with E-state index >= 15 is 0 Å². The minimum Gasteiger partial charge on any atom is -0.481 e. The van der Waals surface area contributed by atoms with Gasteiger partial charge in [0.2, 0.25) is 0 Å². The number of carbonyl (C=O) groups is 2. The van der Waals surface area contributed by atoms with E-state index in [1.807, 2.05) is 18.2 Å². The van der Waals surface area contributed by atoms with Gasteiger partial charge in [-0.25, -0.2) is 0 Å². The van der Waals surface area contributed by atoms with Crippen LogP contribution in [0.3, 0.4) is 0 Å². The minimum atomic E-state index is -0.936. The molecule has 0 aliphatic rings. The highest BCUT2D eigenvalue weighted by Crippen LogP contribution is 2.33. The molecule has 7 heteroatoms. The van der Waals surface area contributed by atoms with Gasteiger partial charge in [-0.05, 0) is 50.1 Å². The number of benzene rings is 1. The number of amides is 1. The monoisotopic (exact) mass is 431 g/mol. The fourth-order valence-electron chi connectivity index (χ4n) is 1.79. The van der Waals surface area contributed by atoms with Crippen LogP contribution < -0.4 is 4.90 Å². The Balaban J connectivity index is 2.32. The molecule has 0 unspecified atom stereocenters. The number of carbonyl (C=O) groups excluding carboxylic acids is 1. The van der Waals surface area contributed by atoms with Crippen molar-refractivity contribution in [3.8, 4) is 0 Å². The van der Waals surface area contributed by atoms with E-state index < -0.39 is 5.97 Å². The molecule has 2 aromatic rings. The molecule has 2 rings (SSSR count). The lowest BCUT2D eigenvalue weighted by atomic mass is 10.2. The van der Waals surface area contributed by atoms with Gasteiger partial charge in [-0.1, -0.05) is 18.2 Å². The van der Waals surface area contributed by atoms with E-state index in [0.717, 1.165) is 7.57 Å². The molecule has 110 valence electrons. The van der Waals surface area contributed by atoms with Gasteiger partial charge in [-0.3, -0.25) is 9.59 Å². The molecule has 1 aromatic heterocycles. The summed E-state index contributed by atoms with van der Waals surface area (Å²) in [4.78, 5) is 25.0. The van der Waals surface area contributed by atoms with Crippen LogP contribution in [-0.4, -0.2) is 23.5 Å². The molecule has 21 heavy (non-hydrogen) atoms. The number of halogens is 2. The molecule has 1 N–H and O–H groups in total. The van der Waals surface area contributed by atoms with Crippen LogP contribution in [0.1, 0.15) is 16.8 Å². The third-order valence-corrected chi connectivity index (χ3v) is 5.09. The molecular weight excluding hydrogens is 422 g/mol. The zero-order chi connectivity index (χ0) is 15.4. The molecule has 0 aliphatic heterocycles. The average molecular weight is 433 g/mol. The Kier molecular flexibility index (Phi) is 5.55. The van der Waals surface area contributed by atoms with Crippen LogP contribution in [0.25, 0.3) is 0 Å². The summed E-state index contributed by atoms with van der Waals surface area (Å²) in [6, 6.07) is 10.8. The van der Waals surface area contributed by atoms with E-state index in [4.69, 9.17) is 5.11 Å². The van der Waals surface area contributed by atoms with Crippen molar-refractivity contribution in [3.05, 3.63) is 49.5 Å². The Morgan fingerprint density at radius 1 is 1.19 bits per heavy atom. The van der Waals surface area contributed by atoms with Crippen LogP contribution in [0.5, 0.6) is 0 Å². The predicted octanol–water partition coefficient (Wildman–Crippen LogP) is 4.39. The van der Waals surface area contributed by atoms with E-state index in [0.29, 0.717) is 11.3 Å². The zero-order valence-corrected chi connectivity index (χ0v) is 14.7. The van der Waals surface area contributed by atoms with Gasteiger partial charge >= 0.3 is 5.97 Å². The van der Waals surface area contributed by atoms with E-state index in [-0.39, 0.29) is 18.9 Å². The van der Waals surface area contributed by atoms with Gasteiger partial charge in [0.1, 0.15) is 0 Å². The summed E-state index contributed by atoms with van der Waals surface area (Å²) in [7, 11) is 0. The van der Waals surface area contributed by atoms with E-state index in [1.54, 1.807) is 18.2 Å². The Bertz CT molecular complexity index is 657. The Labute approximate surface area is 142 Å². The van der Waals surface area contributed by atoms with Gasteiger partial charge in [0.05, 0.1) is 19.6 Å². The number of hydrogen-bond acceptors (Lipinski definition) is 3. The molecule has 1 aromatic carbocycles. The van der Waals surface area contributed by atoms with Crippen molar-refractivity contribution < 1.29 is 14.7 Å². The summed E-state index contributed by atoms with van der Waals surface area (Å²) in [5.74, 6) is -1.16. The summed E-state index contributed by atoms with van der Waals surface area (Å²) in [6.07, 6.45) is -0.108. The lowest BCUT2D eigenvalue weighted by Gasteiger charge is -2.22. The fraction of sp³-hybridized carbons (Fsp3) is 0.143. The van der Waals surface area contributed by atoms with Crippen molar-refractivity contribution in [1.29, 1.82) is 0 Å². The molecule has 0 aliphatic carbocycles. The van der Waals surface area contributed by atoms with Crippen LogP contribution in [-0.2, 0) is 4.79 Å². The van der Waals surface area contributed by atoms with Gasteiger partial charge in [0.25, 0.3) is 5.91 Å². The van der Waals surface area contributed by atoms with Crippen LogP contribution in [0, 0.1) is 0 Å². The maximum atomic E-state index is 12.7. The smallest absolute Gasteiger partial charge is 0.305 e. The summed E-state index contributed by atoms with van der Waals surface area (Å²) in [5, 5.41) is 8.87. The number of carboxylic acid groups (broad SMARTS) is 1. The van der Waals surface area contributed by atoms with Gasteiger partial charge in [-0.2, -0.15) is 0 Å². The first-order valence-electron chi connectivity index (χ1n) is 6.02. The Hall–Kier alpha value is -1.18. The molecule has 0 saturated heterocycles. The highest BCUT2D eigenvalue weighted by Gasteiger charge is 2.22. The SMILES string of the molecule is O=C(O)CCN(C(=O)c1cc(Br)sc1Br)c1ccccc1. The molecule has 1 amide bonds. The highest BCUT2D eigenvalue weighted by atomic mass is 79.9. The van der Waals surface area contributed by atoms with Gasteiger partial charge in [0.15, 0.2) is 0 Å². The second kappa shape index (κ2) is 7.20. The van der Waals surface area contributed by atoms with Gasteiger partial charge in [-0.15, -0.1) is 11.3 Å². The van der Waals surface area contributed by atoms with Crippen molar-refractivity contribution in [2.45, 2.75) is 6.42 Å². The van der Waals surface area contributed by atoms with Crippen LogP contribution in [0.2, 0.25) is 0 Å². The number of anilines is 1. The van der Waals surface area contributed by atoms with Crippen LogP contribution in [0.15, 0.2) is 44.0 Å². The lowest BCUT2D eigenvalue weighted by Crippen LogP contribution is -2.33. The molecule has 0 atom stereocenters. The van der Waals surface area contributed by atoms with Gasteiger partial charge in [0, 0.05) is 12.2 Å². The van der Waals surface area contributed by atoms with E-state index in [2.05, 4.69) is 31.9 Å². The fourth-order valence-corrected chi connectivity index (χ4v) is 4.57. The number of thiophene rings is 1. The zero-order valence-electron chi connectivity index (χ0n) is 10.8. The number of nitrogens with zero attached hydrogens (tertiary/aromatic N) is 1. The summed E-state index contributed by atoms with van der Waals surface area (Å²) in [6.45, 7) is 0.123. The third kappa shape index (κ3) is 4.15. The van der Waals surface area contributed by atoms with E-state index in [9.17, 15) is 9.59 Å². The summed E-state index contributed by atoms with van der Waals surface area (Å²) < 4.78 is 1.56. The number of hydrogen-bond donors (Lipinski definition) is 1. The number of para-hydroxylation sites is 1. The largest absolute Gasteiger partial charge is 0.481 e.